The van der Waals surface area contributed by atoms with Crippen molar-refractivity contribution in [3.8, 4) is 0 Å². The van der Waals surface area contributed by atoms with E-state index in [1.807, 2.05) is 13.8 Å². The highest BCUT2D eigenvalue weighted by Crippen LogP contribution is 2.27. The molecule has 3 N–H and O–H groups in total. The number of halogens is 3. The van der Waals surface area contributed by atoms with Gasteiger partial charge in [-0.25, -0.2) is 4.79 Å². The summed E-state index contributed by atoms with van der Waals surface area (Å²) in [7, 11) is 0. The van der Waals surface area contributed by atoms with Crippen LogP contribution in [0.4, 0.5) is 24.7 Å². The van der Waals surface area contributed by atoms with Crippen LogP contribution in [-0.4, -0.2) is 29.8 Å². The van der Waals surface area contributed by atoms with Crippen LogP contribution in [0.2, 0.25) is 0 Å². The molecular formula is C21H24F3N7O3. The van der Waals surface area contributed by atoms with Crippen LogP contribution < -0.4 is 22.3 Å². The first-order valence-electron chi connectivity index (χ1n) is 10.4. The average Bonchev–Trinajstić information content (AvgIpc) is 3.23. The third-order valence-electron chi connectivity index (χ3n) is 4.93. The van der Waals surface area contributed by atoms with E-state index >= 15 is 0 Å². The molecule has 182 valence electrons. The topological polar surface area (TPSA) is 130 Å². The van der Waals surface area contributed by atoms with Gasteiger partial charge in [-0.3, -0.25) is 28.4 Å². The number of aromatic nitrogens is 5. The zero-order chi connectivity index (χ0) is 25.2. The highest BCUT2D eigenvalue weighted by molar-refractivity contribution is 6.05. The van der Waals surface area contributed by atoms with E-state index in [9.17, 15) is 27.6 Å². The lowest BCUT2D eigenvalue weighted by Crippen LogP contribution is -2.43. The van der Waals surface area contributed by atoms with Crippen molar-refractivity contribution in [1.82, 2.24) is 23.9 Å². The van der Waals surface area contributed by atoms with Crippen molar-refractivity contribution in [1.29, 1.82) is 0 Å². The van der Waals surface area contributed by atoms with Gasteiger partial charge in [0.25, 0.3) is 11.5 Å². The Balaban J connectivity index is 1.83. The molecule has 0 bridgehead atoms. The quantitative estimate of drug-likeness (QED) is 0.534. The molecule has 1 amide bonds. The van der Waals surface area contributed by atoms with Crippen molar-refractivity contribution >= 4 is 17.4 Å². The molecule has 0 aliphatic heterocycles. The van der Waals surface area contributed by atoms with Gasteiger partial charge in [-0.2, -0.15) is 18.3 Å². The first-order chi connectivity index (χ1) is 15.9. The molecule has 3 aromatic rings. The molecule has 0 fully saturated rings. The number of nitrogens with two attached hydrogens (primary N) is 1. The maximum absolute atomic E-state index is 12.9. The number of nitrogens with zero attached hydrogens (tertiary/aromatic N) is 5. The van der Waals surface area contributed by atoms with E-state index in [2.05, 4.69) is 15.4 Å². The summed E-state index contributed by atoms with van der Waals surface area (Å²) in [6, 6.07) is 2.13. The minimum Gasteiger partial charge on any atom is -0.383 e. The fraction of sp³-hybridized carbons (Fsp3) is 0.381. The van der Waals surface area contributed by atoms with Gasteiger partial charge in [0.2, 0.25) is 0 Å². The van der Waals surface area contributed by atoms with Crippen LogP contribution in [0.25, 0.3) is 0 Å². The minimum atomic E-state index is -4.54. The number of rotatable bonds is 7. The molecule has 0 radical (unpaired) electrons. The van der Waals surface area contributed by atoms with Crippen LogP contribution in [0.1, 0.15) is 42.4 Å². The second-order valence-corrected chi connectivity index (χ2v) is 8.03. The summed E-state index contributed by atoms with van der Waals surface area (Å²) in [6.07, 6.45) is -0.849. The summed E-state index contributed by atoms with van der Waals surface area (Å²) in [5.41, 5.74) is 4.03. The molecule has 0 saturated carbocycles. The molecule has 3 rings (SSSR count). The van der Waals surface area contributed by atoms with E-state index in [0.29, 0.717) is 5.56 Å². The summed E-state index contributed by atoms with van der Waals surface area (Å²) in [5, 5.41) is 6.49. The summed E-state index contributed by atoms with van der Waals surface area (Å²) in [4.78, 5) is 41.6. The van der Waals surface area contributed by atoms with Gasteiger partial charge >= 0.3 is 11.9 Å². The average molecular weight is 479 g/mol. The summed E-state index contributed by atoms with van der Waals surface area (Å²) in [6.45, 7) is 5.80. The Labute approximate surface area is 191 Å². The van der Waals surface area contributed by atoms with Crippen LogP contribution in [0.3, 0.4) is 0 Å². The van der Waals surface area contributed by atoms with Crippen molar-refractivity contribution in [2.75, 3.05) is 11.1 Å². The number of alkyl halides is 3. The van der Waals surface area contributed by atoms with Crippen molar-refractivity contribution in [3.63, 3.8) is 0 Å². The molecule has 34 heavy (non-hydrogen) atoms. The Kier molecular flexibility index (Phi) is 6.93. The maximum atomic E-state index is 12.9. The molecule has 0 spiro atoms. The Bertz CT molecular complexity index is 1310. The van der Waals surface area contributed by atoms with Crippen molar-refractivity contribution in [2.45, 2.75) is 46.6 Å². The van der Waals surface area contributed by atoms with E-state index < -0.39 is 29.0 Å². The monoisotopic (exact) mass is 479 g/mol. The van der Waals surface area contributed by atoms with E-state index in [1.165, 1.54) is 27.7 Å². The van der Waals surface area contributed by atoms with Gasteiger partial charge in [-0.15, -0.1) is 0 Å². The number of pyridine rings is 1. The molecule has 0 saturated heterocycles. The van der Waals surface area contributed by atoms with Gasteiger partial charge in [-0.05, 0) is 24.5 Å². The minimum absolute atomic E-state index is 0.000742. The van der Waals surface area contributed by atoms with Crippen LogP contribution in [-0.2, 0) is 25.8 Å². The number of carbonyl (C=O) groups is 1. The van der Waals surface area contributed by atoms with Crippen molar-refractivity contribution in [3.05, 3.63) is 68.4 Å². The molecule has 10 nitrogen and oxygen atoms in total. The summed E-state index contributed by atoms with van der Waals surface area (Å²) in [5.74, 6) is -0.840. The standard InChI is InChI=1S/C21H24F3N7O3/c1-4-30-17(25)16(19(33)31(20(30)34)9-12(2)3)28-18(32)14-8-27-29(11-14)10-13-5-6-15(26-7-13)21(22,23)24/h5-8,11-12H,4,9-10,25H2,1-3H3,(H,28,32). The lowest BCUT2D eigenvalue weighted by atomic mass is 10.2. The van der Waals surface area contributed by atoms with Gasteiger partial charge in [-0.1, -0.05) is 19.9 Å². The van der Waals surface area contributed by atoms with Crippen LogP contribution in [0.5, 0.6) is 0 Å². The predicted molar refractivity (Wildman–Crippen MR) is 118 cm³/mol. The predicted octanol–water partition coefficient (Wildman–Crippen LogP) is 2.18. The number of nitrogen functional groups attached to an aromatic ring is 1. The lowest BCUT2D eigenvalue weighted by molar-refractivity contribution is -0.141. The Morgan fingerprint density at radius 2 is 1.88 bits per heavy atom. The number of nitrogens with one attached hydrogen (secondary N) is 1. The zero-order valence-electron chi connectivity index (χ0n) is 18.8. The highest BCUT2D eigenvalue weighted by Gasteiger charge is 2.32. The number of anilines is 2. The summed E-state index contributed by atoms with van der Waals surface area (Å²) < 4.78 is 41.5. The van der Waals surface area contributed by atoms with Crippen LogP contribution in [0.15, 0.2) is 40.3 Å². The molecule has 0 atom stereocenters. The fourth-order valence-electron chi connectivity index (χ4n) is 3.29. The first kappa shape index (κ1) is 24.7. The molecule has 0 aliphatic rings. The largest absolute Gasteiger partial charge is 0.433 e. The van der Waals surface area contributed by atoms with Crippen LogP contribution >= 0.6 is 0 Å². The fourth-order valence-corrected chi connectivity index (χ4v) is 3.29. The molecule has 13 heteroatoms. The normalized spacial score (nSPS) is 11.7. The molecule has 0 aliphatic carbocycles. The Morgan fingerprint density at radius 1 is 1.18 bits per heavy atom. The molecule has 0 aromatic carbocycles. The van der Waals surface area contributed by atoms with Crippen LogP contribution in [0, 0.1) is 5.92 Å². The van der Waals surface area contributed by atoms with E-state index in [4.69, 9.17) is 5.73 Å². The van der Waals surface area contributed by atoms with Gasteiger partial charge < -0.3 is 11.1 Å². The first-order valence-corrected chi connectivity index (χ1v) is 10.4. The third-order valence-corrected chi connectivity index (χ3v) is 4.93. The third kappa shape index (κ3) is 5.18. The number of carbonyl (C=O) groups excluding carboxylic acids is 1. The summed E-state index contributed by atoms with van der Waals surface area (Å²) >= 11 is 0. The SMILES string of the molecule is CCn1c(N)c(NC(=O)c2cnn(Cc3ccc(C(F)(F)F)nc3)c2)c(=O)n(CC(C)C)c1=O. The number of hydrogen-bond acceptors (Lipinski definition) is 6. The molecule has 0 unspecified atom stereocenters. The Morgan fingerprint density at radius 3 is 2.44 bits per heavy atom. The van der Waals surface area contributed by atoms with E-state index in [-0.39, 0.29) is 42.6 Å². The van der Waals surface area contributed by atoms with E-state index in [1.54, 1.807) is 6.92 Å². The smallest absolute Gasteiger partial charge is 0.383 e. The Hall–Kier alpha value is -3.90. The lowest BCUT2D eigenvalue weighted by Gasteiger charge is -2.17. The van der Waals surface area contributed by atoms with Gasteiger partial charge in [0.15, 0.2) is 0 Å². The van der Waals surface area contributed by atoms with Crippen molar-refractivity contribution < 1.29 is 18.0 Å². The molecule has 3 heterocycles. The van der Waals surface area contributed by atoms with Gasteiger partial charge in [0.1, 0.15) is 17.2 Å². The number of hydrogen-bond donors (Lipinski definition) is 2. The second-order valence-electron chi connectivity index (χ2n) is 8.03. The maximum Gasteiger partial charge on any atom is 0.433 e. The van der Waals surface area contributed by atoms with Gasteiger partial charge in [0, 0.05) is 25.5 Å². The van der Waals surface area contributed by atoms with Gasteiger partial charge in [0.05, 0.1) is 18.3 Å². The van der Waals surface area contributed by atoms with E-state index in [0.717, 1.165) is 16.8 Å². The number of amides is 1. The highest BCUT2D eigenvalue weighted by atomic mass is 19.4. The van der Waals surface area contributed by atoms with Crippen molar-refractivity contribution in [2.24, 2.45) is 5.92 Å². The molecule has 3 aromatic heterocycles. The molecular weight excluding hydrogens is 455 g/mol. The second kappa shape index (κ2) is 9.53. The zero-order valence-corrected chi connectivity index (χ0v) is 18.8.